The molecule has 1 aromatic heterocycles. The fourth-order valence-electron chi connectivity index (χ4n) is 5.91. The normalized spacial score (nSPS) is 23.0. The Morgan fingerprint density at radius 3 is 2.61 bits per heavy atom. The summed E-state index contributed by atoms with van der Waals surface area (Å²) in [7, 11) is 0. The number of rotatable bonds is 4. The van der Waals surface area contributed by atoms with Gasteiger partial charge >= 0.3 is 0 Å². The van der Waals surface area contributed by atoms with Crippen LogP contribution < -0.4 is 27.8 Å². The number of nitrogen functional groups attached to an aromatic ring is 1. The SMILES string of the molecule is Cc1ccc(-c2ccccc2)cc1C1(N)C(=O)C(N)c2c(C(=O)NC3CCCNC3)sc3c(N)ccc1c23. The molecule has 2 heterocycles. The highest BCUT2D eigenvalue weighted by molar-refractivity contribution is 7.21. The van der Waals surface area contributed by atoms with Crippen LogP contribution in [0.5, 0.6) is 0 Å². The minimum atomic E-state index is -1.49. The lowest BCUT2D eigenvalue weighted by Crippen LogP contribution is -2.53. The Balaban J connectivity index is 1.53. The summed E-state index contributed by atoms with van der Waals surface area (Å²) in [5.74, 6) is -0.563. The van der Waals surface area contributed by atoms with Gasteiger partial charge in [0.25, 0.3) is 5.91 Å². The summed E-state index contributed by atoms with van der Waals surface area (Å²) < 4.78 is 0.735. The lowest BCUT2D eigenvalue weighted by molar-refractivity contribution is -0.124. The van der Waals surface area contributed by atoms with Crippen LogP contribution in [0.4, 0.5) is 5.69 Å². The summed E-state index contributed by atoms with van der Waals surface area (Å²) in [6.07, 6.45) is 1.90. The molecule has 38 heavy (non-hydrogen) atoms. The van der Waals surface area contributed by atoms with E-state index < -0.39 is 11.6 Å². The molecule has 3 atom stereocenters. The average Bonchev–Trinajstić information content (AvgIpc) is 3.35. The second-order valence-electron chi connectivity index (χ2n) is 10.3. The number of aryl methyl sites for hydroxylation is 1. The quantitative estimate of drug-likeness (QED) is 0.258. The van der Waals surface area contributed by atoms with Crippen LogP contribution >= 0.6 is 11.3 Å². The van der Waals surface area contributed by atoms with Gasteiger partial charge in [0.2, 0.25) is 0 Å². The molecule has 3 unspecified atom stereocenters. The Bertz CT molecular complexity index is 1570. The summed E-state index contributed by atoms with van der Waals surface area (Å²) in [6, 6.07) is 18.5. The zero-order chi connectivity index (χ0) is 26.6. The molecule has 194 valence electrons. The lowest BCUT2D eigenvalue weighted by atomic mass is 9.69. The van der Waals surface area contributed by atoms with Crippen LogP contribution in [-0.4, -0.2) is 30.8 Å². The minimum absolute atomic E-state index is 0.0259. The van der Waals surface area contributed by atoms with E-state index in [0.29, 0.717) is 33.8 Å². The smallest absolute Gasteiger partial charge is 0.262 e. The first kappa shape index (κ1) is 24.8. The van der Waals surface area contributed by atoms with Crippen LogP contribution in [0.3, 0.4) is 0 Å². The topological polar surface area (TPSA) is 136 Å². The van der Waals surface area contributed by atoms with E-state index in [4.69, 9.17) is 17.2 Å². The van der Waals surface area contributed by atoms with Crippen molar-refractivity contribution in [3.8, 4) is 11.1 Å². The van der Waals surface area contributed by atoms with Crippen molar-refractivity contribution in [1.29, 1.82) is 0 Å². The average molecular weight is 526 g/mol. The number of carbonyl (C=O) groups is 2. The molecule has 7 nitrogen and oxygen atoms in total. The number of Topliss-reactive ketones (excluding diaryl/α,β-unsaturated/α-hetero) is 1. The minimum Gasteiger partial charge on any atom is -0.398 e. The van der Waals surface area contributed by atoms with Crippen molar-refractivity contribution >= 4 is 38.8 Å². The summed E-state index contributed by atoms with van der Waals surface area (Å²) in [6.45, 7) is 3.61. The molecule has 1 amide bonds. The first-order chi connectivity index (χ1) is 18.3. The van der Waals surface area contributed by atoms with Gasteiger partial charge in [0.05, 0.1) is 15.6 Å². The molecule has 6 rings (SSSR count). The van der Waals surface area contributed by atoms with Crippen molar-refractivity contribution in [3.63, 3.8) is 0 Å². The molecule has 1 aliphatic heterocycles. The van der Waals surface area contributed by atoms with Crippen LogP contribution in [0, 0.1) is 6.92 Å². The summed E-state index contributed by atoms with van der Waals surface area (Å²) >= 11 is 1.29. The standard InChI is InChI=1S/C30H31N5O2S/c1-16-9-10-18(17-6-3-2-4-7-17)14-21(16)30(33)20-11-12-22(31)26-23(20)24(25(32)28(30)36)27(38-26)29(37)35-19-8-5-13-34-15-19/h2-4,6-7,9-12,14,19,25,34H,5,8,13,15,31-33H2,1H3,(H,35,37). The molecule has 1 aliphatic carbocycles. The fourth-order valence-corrected chi connectivity index (χ4v) is 7.11. The number of hydrogen-bond acceptors (Lipinski definition) is 7. The predicted molar refractivity (Wildman–Crippen MR) is 153 cm³/mol. The molecule has 4 aromatic rings. The first-order valence-corrected chi connectivity index (χ1v) is 13.7. The number of thiophene rings is 1. The van der Waals surface area contributed by atoms with Crippen LogP contribution in [0.15, 0.2) is 60.7 Å². The third-order valence-corrected chi connectivity index (χ3v) is 9.17. The van der Waals surface area contributed by atoms with Crippen LogP contribution in [0.25, 0.3) is 21.2 Å². The van der Waals surface area contributed by atoms with Crippen molar-refractivity contribution in [2.24, 2.45) is 11.5 Å². The van der Waals surface area contributed by atoms with E-state index in [-0.39, 0.29) is 17.7 Å². The summed E-state index contributed by atoms with van der Waals surface area (Å²) in [5.41, 5.74) is 24.0. The molecule has 0 radical (unpaired) electrons. The highest BCUT2D eigenvalue weighted by atomic mass is 32.1. The molecule has 2 aliphatic rings. The van der Waals surface area contributed by atoms with Crippen molar-refractivity contribution in [2.45, 2.75) is 37.4 Å². The molecule has 3 aromatic carbocycles. The molecule has 8 heteroatoms. The number of amides is 1. The van der Waals surface area contributed by atoms with Crippen LogP contribution in [0.2, 0.25) is 0 Å². The van der Waals surface area contributed by atoms with Crippen LogP contribution in [-0.2, 0) is 10.3 Å². The van der Waals surface area contributed by atoms with Gasteiger partial charge in [0, 0.05) is 29.2 Å². The Labute approximate surface area is 225 Å². The van der Waals surface area contributed by atoms with Crippen molar-refractivity contribution in [2.75, 3.05) is 18.8 Å². The highest BCUT2D eigenvalue weighted by Crippen LogP contribution is 2.50. The fraction of sp³-hybridized carbons (Fsp3) is 0.267. The second-order valence-corrected chi connectivity index (χ2v) is 11.3. The predicted octanol–water partition coefficient (Wildman–Crippen LogP) is 3.73. The maximum absolute atomic E-state index is 14.2. The number of anilines is 1. The Hall–Kier alpha value is -3.56. The number of ketones is 1. The van der Waals surface area contributed by atoms with Gasteiger partial charge in [-0.25, -0.2) is 0 Å². The maximum atomic E-state index is 14.2. The molecule has 0 spiro atoms. The monoisotopic (exact) mass is 525 g/mol. The molecule has 0 saturated carbocycles. The van der Waals surface area contributed by atoms with Gasteiger partial charge in [0.15, 0.2) is 5.78 Å². The molecule has 8 N–H and O–H groups in total. The summed E-state index contributed by atoms with van der Waals surface area (Å²) in [4.78, 5) is 28.1. The van der Waals surface area contributed by atoms with Crippen LogP contribution in [0.1, 0.15) is 50.8 Å². The third-order valence-electron chi connectivity index (χ3n) is 7.92. The first-order valence-electron chi connectivity index (χ1n) is 12.9. The number of benzene rings is 3. The van der Waals surface area contributed by atoms with Crippen molar-refractivity contribution in [3.05, 3.63) is 87.8 Å². The van der Waals surface area contributed by atoms with E-state index in [1.165, 1.54) is 11.3 Å². The number of piperidine rings is 1. The Kier molecular flexibility index (Phi) is 6.07. The molecular formula is C30H31N5O2S. The largest absolute Gasteiger partial charge is 0.398 e. The van der Waals surface area contributed by atoms with E-state index in [9.17, 15) is 9.59 Å². The maximum Gasteiger partial charge on any atom is 0.262 e. The van der Waals surface area contributed by atoms with Gasteiger partial charge in [-0.05, 0) is 66.3 Å². The Morgan fingerprint density at radius 2 is 1.87 bits per heavy atom. The zero-order valence-electron chi connectivity index (χ0n) is 21.2. The van der Waals surface area contributed by atoms with E-state index >= 15 is 0 Å². The molecular weight excluding hydrogens is 494 g/mol. The van der Waals surface area contributed by atoms with Gasteiger partial charge in [0.1, 0.15) is 5.54 Å². The number of nitrogens with one attached hydrogen (secondary N) is 2. The van der Waals surface area contributed by atoms with Gasteiger partial charge < -0.3 is 27.8 Å². The van der Waals surface area contributed by atoms with Gasteiger partial charge in [-0.15, -0.1) is 11.3 Å². The molecule has 1 saturated heterocycles. The van der Waals surface area contributed by atoms with Crippen molar-refractivity contribution < 1.29 is 9.59 Å². The van der Waals surface area contributed by atoms with Crippen molar-refractivity contribution in [1.82, 2.24) is 10.6 Å². The lowest BCUT2D eigenvalue weighted by Gasteiger charge is -2.37. The number of carbonyl (C=O) groups excluding carboxylic acids is 2. The van der Waals surface area contributed by atoms with E-state index in [1.54, 1.807) is 6.07 Å². The third kappa shape index (κ3) is 3.75. The van der Waals surface area contributed by atoms with E-state index in [2.05, 4.69) is 10.6 Å². The zero-order valence-corrected chi connectivity index (χ0v) is 22.0. The van der Waals surface area contributed by atoms with Gasteiger partial charge in [-0.1, -0.05) is 48.5 Å². The van der Waals surface area contributed by atoms with Gasteiger partial charge in [-0.2, -0.15) is 0 Å². The van der Waals surface area contributed by atoms with E-state index in [1.807, 2.05) is 61.5 Å². The number of nitrogens with two attached hydrogens (primary N) is 3. The molecule has 1 fully saturated rings. The highest BCUT2D eigenvalue weighted by Gasteiger charge is 2.49. The number of hydrogen-bond donors (Lipinski definition) is 5. The summed E-state index contributed by atoms with van der Waals surface area (Å²) in [5, 5.41) is 7.17. The second kappa shape index (κ2) is 9.32. The van der Waals surface area contributed by atoms with E-state index in [0.717, 1.165) is 46.2 Å². The molecule has 0 bridgehead atoms. The van der Waals surface area contributed by atoms with Gasteiger partial charge in [-0.3, -0.25) is 9.59 Å². The Morgan fingerprint density at radius 1 is 1.08 bits per heavy atom.